The summed E-state index contributed by atoms with van der Waals surface area (Å²) in [6, 6.07) is 0. The van der Waals surface area contributed by atoms with Gasteiger partial charge in [0.1, 0.15) is 0 Å². The average Bonchev–Trinajstić information content (AvgIpc) is 2.18. The second-order valence-corrected chi connectivity index (χ2v) is 4.02. The Kier molecular flexibility index (Phi) is 6.89. The van der Waals surface area contributed by atoms with Crippen molar-refractivity contribution < 1.29 is 9.53 Å². The number of nitrogens with one attached hydrogen (secondary N) is 1. The smallest absolute Gasteiger partial charge is 0.236 e. The van der Waals surface area contributed by atoms with Gasteiger partial charge in [0, 0.05) is 13.1 Å². The van der Waals surface area contributed by atoms with Crippen LogP contribution in [0.25, 0.3) is 0 Å². The number of carbonyl (C=O) groups excluding carboxylic acids is 1. The Labute approximate surface area is 97.8 Å². The number of carbonyl (C=O) groups is 1. The number of morpholine rings is 1. The van der Waals surface area contributed by atoms with Crippen molar-refractivity contribution in [3.05, 3.63) is 0 Å². The molecule has 1 aliphatic rings. The normalized spacial score (nSPS) is 21.3. The Balaban J connectivity index is 0.00000196. The van der Waals surface area contributed by atoms with Crippen LogP contribution < -0.4 is 5.32 Å². The monoisotopic (exact) mass is 236 g/mol. The van der Waals surface area contributed by atoms with Crippen molar-refractivity contribution in [1.82, 2.24) is 10.2 Å². The van der Waals surface area contributed by atoms with Crippen LogP contribution in [-0.4, -0.2) is 50.2 Å². The van der Waals surface area contributed by atoms with Crippen LogP contribution in [0.5, 0.6) is 0 Å². The molecule has 1 amide bonds. The summed E-state index contributed by atoms with van der Waals surface area (Å²) in [7, 11) is 1.79. The summed E-state index contributed by atoms with van der Waals surface area (Å²) in [6.07, 6.45) is 0.199. The number of ether oxygens (including phenoxy) is 1. The van der Waals surface area contributed by atoms with Crippen LogP contribution in [0.15, 0.2) is 0 Å². The molecular formula is C10H21ClN2O2. The van der Waals surface area contributed by atoms with Gasteiger partial charge in [-0.15, -0.1) is 12.4 Å². The second kappa shape index (κ2) is 7.04. The Morgan fingerprint density at radius 2 is 2.27 bits per heavy atom. The highest BCUT2D eigenvalue weighted by molar-refractivity contribution is 5.85. The fraction of sp³-hybridized carbons (Fsp3) is 0.900. The molecule has 0 aliphatic carbocycles. The minimum absolute atomic E-state index is 0. The van der Waals surface area contributed by atoms with E-state index in [1.54, 1.807) is 7.05 Å². The second-order valence-electron chi connectivity index (χ2n) is 4.02. The van der Waals surface area contributed by atoms with Crippen LogP contribution in [0.3, 0.4) is 0 Å². The minimum Gasteiger partial charge on any atom is -0.374 e. The molecule has 0 radical (unpaired) electrons. The maximum absolute atomic E-state index is 11.6. The summed E-state index contributed by atoms with van der Waals surface area (Å²) in [5.74, 6) is 0.640. The number of hydrogen-bond donors (Lipinski definition) is 1. The standard InChI is InChI=1S/C10H20N2O2.ClH/c1-8(2)9-7-12(4-5-14-9)10(13)6-11-3;/h8-9,11H,4-7H2,1-3H3;1H. The fourth-order valence-corrected chi connectivity index (χ4v) is 1.57. The molecule has 1 fully saturated rings. The molecule has 1 heterocycles. The molecule has 1 unspecified atom stereocenters. The van der Waals surface area contributed by atoms with Crippen molar-refractivity contribution in [3.63, 3.8) is 0 Å². The topological polar surface area (TPSA) is 41.6 Å². The highest BCUT2D eigenvalue weighted by Gasteiger charge is 2.25. The number of nitrogens with zero attached hydrogens (tertiary/aromatic N) is 1. The van der Waals surface area contributed by atoms with Gasteiger partial charge in [-0.3, -0.25) is 4.79 Å². The van der Waals surface area contributed by atoms with Crippen LogP contribution in [0, 0.1) is 5.92 Å². The van der Waals surface area contributed by atoms with Crippen molar-refractivity contribution in [2.24, 2.45) is 5.92 Å². The highest BCUT2D eigenvalue weighted by atomic mass is 35.5. The van der Waals surface area contributed by atoms with E-state index in [0.717, 1.165) is 13.1 Å². The Bertz CT molecular complexity index is 200. The van der Waals surface area contributed by atoms with Gasteiger partial charge in [0.05, 0.1) is 19.3 Å². The number of halogens is 1. The molecular weight excluding hydrogens is 216 g/mol. The van der Waals surface area contributed by atoms with E-state index >= 15 is 0 Å². The maximum Gasteiger partial charge on any atom is 0.236 e. The molecule has 1 rings (SSSR count). The Hall–Kier alpha value is -0.320. The van der Waals surface area contributed by atoms with Gasteiger partial charge < -0.3 is 15.0 Å². The summed E-state index contributed by atoms with van der Waals surface area (Å²) in [5, 5.41) is 2.88. The summed E-state index contributed by atoms with van der Waals surface area (Å²) >= 11 is 0. The zero-order chi connectivity index (χ0) is 10.6. The summed E-state index contributed by atoms with van der Waals surface area (Å²) < 4.78 is 5.58. The van der Waals surface area contributed by atoms with E-state index in [4.69, 9.17) is 4.74 Å². The molecule has 1 N–H and O–H groups in total. The zero-order valence-corrected chi connectivity index (χ0v) is 10.5. The van der Waals surface area contributed by atoms with Gasteiger partial charge in [0.15, 0.2) is 0 Å². The lowest BCUT2D eigenvalue weighted by atomic mass is 10.1. The van der Waals surface area contributed by atoms with Gasteiger partial charge in [0.25, 0.3) is 0 Å². The quantitative estimate of drug-likeness (QED) is 0.777. The van der Waals surface area contributed by atoms with E-state index in [9.17, 15) is 4.79 Å². The third kappa shape index (κ3) is 4.36. The van der Waals surface area contributed by atoms with E-state index in [1.165, 1.54) is 0 Å². The van der Waals surface area contributed by atoms with Crippen molar-refractivity contribution in [2.45, 2.75) is 20.0 Å². The average molecular weight is 237 g/mol. The molecule has 0 aromatic rings. The van der Waals surface area contributed by atoms with E-state index < -0.39 is 0 Å². The molecule has 15 heavy (non-hydrogen) atoms. The van der Waals surface area contributed by atoms with E-state index in [1.807, 2.05) is 4.90 Å². The zero-order valence-electron chi connectivity index (χ0n) is 9.66. The van der Waals surface area contributed by atoms with Crippen LogP contribution in [-0.2, 0) is 9.53 Å². The molecule has 4 nitrogen and oxygen atoms in total. The van der Waals surface area contributed by atoms with Gasteiger partial charge in [-0.05, 0) is 13.0 Å². The summed E-state index contributed by atoms with van der Waals surface area (Å²) in [5.41, 5.74) is 0. The Morgan fingerprint density at radius 1 is 1.60 bits per heavy atom. The fourth-order valence-electron chi connectivity index (χ4n) is 1.57. The van der Waals surface area contributed by atoms with Gasteiger partial charge in [0.2, 0.25) is 5.91 Å². The molecule has 1 saturated heterocycles. The number of amides is 1. The van der Waals surface area contributed by atoms with Gasteiger partial charge in [-0.1, -0.05) is 13.8 Å². The number of hydrogen-bond acceptors (Lipinski definition) is 3. The van der Waals surface area contributed by atoms with Crippen LogP contribution in [0.1, 0.15) is 13.8 Å². The van der Waals surface area contributed by atoms with E-state index in [0.29, 0.717) is 19.1 Å². The molecule has 0 aromatic heterocycles. The molecule has 90 valence electrons. The van der Waals surface area contributed by atoms with Crippen molar-refractivity contribution in [1.29, 1.82) is 0 Å². The van der Waals surface area contributed by atoms with Gasteiger partial charge in [-0.2, -0.15) is 0 Å². The molecule has 5 heteroatoms. The molecule has 0 aromatic carbocycles. The first-order valence-corrected chi connectivity index (χ1v) is 5.19. The number of rotatable bonds is 3. The minimum atomic E-state index is 0. The number of likely N-dealkylation sites (N-methyl/N-ethyl adjacent to an activating group) is 1. The predicted molar refractivity (Wildman–Crippen MR) is 62.3 cm³/mol. The Morgan fingerprint density at radius 3 is 2.80 bits per heavy atom. The third-order valence-corrected chi connectivity index (χ3v) is 2.52. The van der Waals surface area contributed by atoms with Crippen LogP contribution >= 0.6 is 12.4 Å². The maximum atomic E-state index is 11.6. The van der Waals surface area contributed by atoms with E-state index in [-0.39, 0.29) is 24.4 Å². The molecule has 0 bridgehead atoms. The third-order valence-electron chi connectivity index (χ3n) is 2.52. The van der Waals surface area contributed by atoms with Crippen molar-refractivity contribution in [3.8, 4) is 0 Å². The first-order chi connectivity index (χ1) is 6.65. The molecule has 0 saturated carbocycles. The van der Waals surface area contributed by atoms with Crippen molar-refractivity contribution in [2.75, 3.05) is 33.3 Å². The molecule has 1 aliphatic heterocycles. The van der Waals surface area contributed by atoms with Gasteiger partial charge >= 0.3 is 0 Å². The summed E-state index contributed by atoms with van der Waals surface area (Å²) in [6.45, 7) is 6.79. The highest BCUT2D eigenvalue weighted by Crippen LogP contribution is 2.13. The molecule has 0 spiro atoms. The largest absolute Gasteiger partial charge is 0.374 e. The first kappa shape index (κ1) is 14.7. The lowest BCUT2D eigenvalue weighted by molar-refractivity contribution is -0.139. The molecule has 1 atom stereocenters. The first-order valence-electron chi connectivity index (χ1n) is 5.19. The lowest BCUT2D eigenvalue weighted by Gasteiger charge is -2.34. The summed E-state index contributed by atoms with van der Waals surface area (Å²) in [4.78, 5) is 13.5. The lowest BCUT2D eigenvalue weighted by Crippen LogP contribution is -2.49. The van der Waals surface area contributed by atoms with Gasteiger partial charge in [-0.25, -0.2) is 0 Å². The van der Waals surface area contributed by atoms with Crippen molar-refractivity contribution >= 4 is 18.3 Å². The SMILES string of the molecule is CNCC(=O)N1CCOC(C(C)C)C1.Cl. The van der Waals surface area contributed by atoms with Crippen LogP contribution in [0.4, 0.5) is 0 Å². The van der Waals surface area contributed by atoms with E-state index in [2.05, 4.69) is 19.2 Å². The van der Waals surface area contributed by atoms with Crippen LogP contribution in [0.2, 0.25) is 0 Å². The predicted octanol–water partition coefficient (Wildman–Crippen LogP) is 0.511.